The molecule has 0 aliphatic heterocycles. The quantitative estimate of drug-likeness (QED) is 0.533. The zero-order valence-corrected chi connectivity index (χ0v) is 19.4. The second-order valence-corrected chi connectivity index (χ2v) is 10.6. The van der Waals surface area contributed by atoms with Crippen molar-refractivity contribution >= 4 is 17.5 Å². The molecule has 0 heterocycles. The summed E-state index contributed by atoms with van der Waals surface area (Å²) in [5.74, 6) is 0.779. The molecular weight excluding hydrogens is 410 g/mol. The number of nitrogens with zero attached hydrogens (tertiary/aromatic N) is 1. The van der Waals surface area contributed by atoms with Crippen molar-refractivity contribution in [2.75, 3.05) is 26.2 Å². The summed E-state index contributed by atoms with van der Waals surface area (Å²) in [5, 5.41) is 13.1. The lowest BCUT2D eigenvalue weighted by Gasteiger charge is -2.45. The molecular formula is C25H38ClN3O2. The van der Waals surface area contributed by atoms with Crippen molar-refractivity contribution in [3.63, 3.8) is 0 Å². The Bertz CT molecular complexity index is 755. The molecule has 1 aromatic rings. The lowest BCUT2D eigenvalue weighted by atomic mass is 9.62. The minimum Gasteiger partial charge on any atom is -0.395 e. The minimum atomic E-state index is -0.112. The monoisotopic (exact) mass is 447 g/mol. The number of benzene rings is 1. The van der Waals surface area contributed by atoms with Crippen LogP contribution in [0.3, 0.4) is 0 Å². The Hall–Kier alpha value is -1.14. The van der Waals surface area contributed by atoms with Crippen molar-refractivity contribution in [2.45, 2.75) is 69.9 Å². The van der Waals surface area contributed by atoms with E-state index in [1.54, 1.807) is 0 Å². The van der Waals surface area contributed by atoms with Crippen molar-refractivity contribution in [1.82, 2.24) is 10.2 Å². The summed E-state index contributed by atoms with van der Waals surface area (Å²) in [6, 6.07) is 5.68. The van der Waals surface area contributed by atoms with Crippen LogP contribution >= 0.6 is 11.6 Å². The topological polar surface area (TPSA) is 78.6 Å². The highest BCUT2D eigenvalue weighted by atomic mass is 35.5. The van der Waals surface area contributed by atoms with E-state index in [4.69, 9.17) is 17.3 Å². The molecule has 0 atom stereocenters. The Morgan fingerprint density at radius 3 is 2.58 bits per heavy atom. The van der Waals surface area contributed by atoms with Gasteiger partial charge in [0.25, 0.3) is 5.91 Å². The summed E-state index contributed by atoms with van der Waals surface area (Å²) in [7, 11) is 0. The van der Waals surface area contributed by atoms with E-state index in [1.165, 1.54) is 44.9 Å². The number of aliphatic hydroxyl groups excluding tert-OH is 1. The number of hydrogen-bond acceptors (Lipinski definition) is 4. The second-order valence-electron chi connectivity index (χ2n) is 10.1. The fraction of sp³-hybridized carbons (Fsp3) is 0.680. The Morgan fingerprint density at radius 1 is 1.23 bits per heavy atom. The van der Waals surface area contributed by atoms with Gasteiger partial charge in [0.05, 0.1) is 17.2 Å². The first kappa shape index (κ1) is 24.5. The third kappa shape index (κ3) is 6.22. The summed E-state index contributed by atoms with van der Waals surface area (Å²) in [5.41, 5.74) is 8.03. The van der Waals surface area contributed by atoms with E-state index >= 15 is 0 Å². The first-order valence-electron chi connectivity index (χ1n) is 11.6. The Morgan fingerprint density at radius 2 is 1.94 bits per heavy atom. The van der Waals surface area contributed by atoms with Crippen molar-refractivity contribution < 1.29 is 9.90 Å². The van der Waals surface area contributed by atoms with Crippen molar-refractivity contribution in [1.29, 1.82) is 0 Å². The molecule has 1 amide bonds. The SMILES string of the molecule is NC1(CN(CCO)Cc2ccc(Cl)c(C(=O)NCC34CCCC(CCC3)C4)c2)CC1.[CH2]. The summed E-state index contributed by atoms with van der Waals surface area (Å²) >= 11 is 6.40. The maximum absolute atomic E-state index is 13.0. The molecule has 31 heavy (non-hydrogen) atoms. The zero-order chi connectivity index (χ0) is 21.2. The highest BCUT2D eigenvalue weighted by Gasteiger charge is 2.40. The number of nitrogens with one attached hydrogen (secondary N) is 1. The number of carbonyl (C=O) groups excluding carboxylic acids is 1. The number of nitrogens with two attached hydrogens (primary N) is 1. The van der Waals surface area contributed by atoms with Gasteiger partial charge in [0.15, 0.2) is 0 Å². The van der Waals surface area contributed by atoms with Crippen LogP contribution in [0.5, 0.6) is 0 Å². The standard InChI is InChI=1S/C24H36ClN3O2.CH2/c25-21-6-5-19(15-28(11-12-29)17-24(26)9-10-24)13-20(21)22(30)27-16-23-7-1-3-18(14-23)4-2-8-23;/h5-6,13,18,29H,1-4,7-12,14-17,26H2,(H,27,30);1H2. The number of hydrogen-bond donors (Lipinski definition) is 3. The minimum absolute atomic E-state index is 0. The highest BCUT2D eigenvalue weighted by molar-refractivity contribution is 6.33. The van der Waals surface area contributed by atoms with Crippen molar-refractivity contribution in [3.8, 4) is 0 Å². The molecule has 2 bridgehead atoms. The van der Waals surface area contributed by atoms with Crippen molar-refractivity contribution in [3.05, 3.63) is 41.8 Å². The van der Waals surface area contributed by atoms with Gasteiger partial charge < -0.3 is 16.2 Å². The Kier molecular flexibility index (Phi) is 8.06. The molecule has 0 saturated heterocycles. The van der Waals surface area contributed by atoms with Gasteiger partial charge in [0.2, 0.25) is 0 Å². The summed E-state index contributed by atoms with van der Waals surface area (Å²) < 4.78 is 0. The van der Waals surface area contributed by atoms with Gasteiger partial charge >= 0.3 is 0 Å². The molecule has 0 unspecified atom stereocenters. The number of halogens is 1. The lowest BCUT2D eigenvalue weighted by molar-refractivity contribution is 0.0681. The van der Waals surface area contributed by atoms with E-state index in [0.717, 1.165) is 37.4 Å². The highest BCUT2D eigenvalue weighted by Crippen LogP contribution is 2.48. The predicted molar refractivity (Wildman–Crippen MR) is 126 cm³/mol. The average molecular weight is 448 g/mol. The molecule has 2 radical (unpaired) electrons. The number of amides is 1. The summed E-state index contributed by atoms with van der Waals surface area (Å²) in [6.07, 6.45) is 11.1. The molecule has 3 fully saturated rings. The van der Waals surface area contributed by atoms with Gasteiger partial charge in [-0.15, -0.1) is 0 Å². The van der Waals surface area contributed by atoms with Crippen LogP contribution in [0.15, 0.2) is 18.2 Å². The van der Waals surface area contributed by atoms with Crippen LogP contribution in [-0.4, -0.2) is 47.7 Å². The molecule has 3 aliphatic rings. The van der Waals surface area contributed by atoms with E-state index in [-0.39, 0.29) is 25.5 Å². The Labute approximate surface area is 192 Å². The fourth-order valence-corrected chi connectivity index (χ4v) is 5.86. The summed E-state index contributed by atoms with van der Waals surface area (Å²) in [4.78, 5) is 15.2. The van der Waals surface area contributed by atoms with Gasteiger partial charge in [0, 0.05) is 31.7 Å². The van der Waals surface area contributed by atoms with E-state index < -0.39 is 0 Å². The molecule has 5 nitrogen and oxygen atoms in total. The number of aliphatic hydroxyl groups is 1. The molecule has 3 aliphatic carbocycles. The fourth-order valence-electron chi connectivity index (χ4n) is 5.66. The predicted octanol–water partition coefficient (Wildman–Crippen LogP) is 4.04. The van der Waals surface area contributed by atoms with Crippen LogP contribution < -0.4 is 11.1 Å². The first-order valence-corrected chi connectivity index (χ1v) is 12.0. The van der Waals surface area contributed by atoms with Crippen LogP contribution in [0.2, 0.25) is 5.02 Å². The van der Waals surface area contributed by atoms with Gasteiger partial charge in [-0.1, -0.05) is 50.8 Å². The van der Waals surface area contributed by atoms with Gasteiger partial charge in [-0.05, 0) is 61.1 Å². The molecule has 1 aromatic carbocycles. The lowest BCUT2D eigenvalue weighted by Crippen LogP contribution is -2.43. The zero-order valence-electron chi connectivity index (χ0n) is 18.7. The van der Waals surface area contributed by atoms with Gasteiger partial charge in [-0.3, -0.25) is 9.69 Å². The van der Waals surface area contributed by atoms with Gasteiger partial charge in [0.1, 0.15) is 0 Å². The summed E-state index contributed by atoms with van der Waals surface area (Å²) in [6.45, 7) is 2.85. The van der Waals surface area contributed by atoms with Crippen LogP contribution in [0.25, 0.3) is 0 Å². The van der Waals surface area contributed by atoms with Gasteiger partial charge in [-0.25, -0.2) is 0 Å². The van der Waals surface area contributed by atoms with E-state index in [1.807, 2.05) is 18.2 Å². The smallest absolute Gasteiger partial charge is 0.252 e. The number of carbonyl (C=O) groups is 1. The largest absolute Gasteiger partial charge is 0.395 e. The normalized spacial score (nSPS) is 26.3. The molecule has 172 valence electrons. The van der Waals surface area contributed by atoms with E-state index in [9.17, 15) is 9.90 Å². The molecule has 4 rings (SSSR count). The third-order valence-corrected chi connectivity index (χ3v) is 7.84. The second kappa shape index (κ2) is 10.2. The molecule has 6 heteroatoms. The first-order chi connectivity index (χ1) is 14.4. The molecule has 3 saturated carbocycles. The van der Waals surface area contributed by atoms with Gasteiger partial charge in [-0.2, -0.15) is 0 Å². The van der Waals surface area contributed by atoms with Crippen molar-refractivity contribution in [2.24, 2.45) is 17.1 Å². The van der Waals surface area contributed by atoms with Crippen LogP contribution in [0.1, 0.15) is 73.7 Å². The van der Waals surface area contributed by atoms with Crippen LogP contribution in [-0.2, 0) is 6.54 Å². The maximum atomic E-state index is 13.0. The molecule has 4 N–H and O–H groups in total. The molecule has 0 aromatic heterocycles. The maximum Gasteiger partial charge on any atom is 0.252 e. The van der Waals surface area contributed by atoms with Crippen LogP contribution in [0, 0.1) is 18.8 Å². The van der Waals surface area contributed by atoms with E-state index in [2.05, 4.69) is 10.2 Å². The average Bonchev–Trinajstić information content (AvgIpc) is 3.44. The molecule has 0 spiro atoms. The Balaban J connectivity index is 0.00000272. The van der Waals surface area contributed by atoms with E-state index in [0.29, 0.717) is 29.1 Å². The number of fused-ring (bicyclic) bond motifs is 2. The third-order valence-electron chi connectivity index (χ3n) is 7.51. The van der Waals surface area contributed by atoms with Crippen LogP contribution in [0.4, 0.5) is 0 Å². The number of rotatable bonds is 9.